The minimum Gasteiger partial charge on any atom is -0.323 e. The Labute approximate surface area is 101 Å². The molecule has 1 N–H and O–H groups in total. The van der Waals surface area contributed by atoms with Crippen molar-refractivity contribution in [3.05, 3.63) is 36.9 Å². The second-order valence-corrected chi connectivity index (χ2v) is 3.55. The molecule has 0 saturated carbocycles. The average molecular weight is 232 g/mol. The normalized spacial score (nSPS) is 9.53. The first-order valence-corrected chi connectivity index (χ1v) is 5.38. The maximum atomic E-state index is 11.5. The molecule has 0 aromatic heterocycles. The third kappa shape index (κ3) is 3.45. The summed E-state index contributed by atoms with van der Waals surface area (Å²) in [4.78, 5) is 24.1. The Morgan fingerprint density at radius 2 is 1.94 bits per heavy atom. The number of carbonyl (C=O) groups is 2. The fourth-order valence-corrected chi connectivity index (χ4v) is 1.34. The van der Waals surface area contributed by atoms with Gasteiger partial charge in [-0.3, -0.25) is 9.59 Å². The Kier molecular flexibility index (Phi) is 4.46. The molecule has 0 bridgehead atoms. The Morgan fingerprint density at radius 1 is 1.35 bits per heavy atom. The smallest absolute Gasteiger partial charge is 0.247 e. The molecule has 1 aromatic carbocycles. The summed E-state index contributed by atoms with van der Waals surface area (Å²) >= 11 is 0. The molecule has 17 heavy (non-hydrogen) atoms. The maximum absolute atomic E-state index is 11.5. The lowest BCUT2D eigenvalue weighted by Gasteiger charge is -2.16. The Hall–Kier alpha value is -2.10. The number of hydrogen-bond donors (Lipinski definition) is 1. The number of amides is 2. The van der Waals surface area contributed by atoms with Crippen LogP contribution in [0.25, 0.3) is 0 Å². The van der Waals surface area contributed by atoms with E-state index in [9.17, 15) is 9.59 Å². The van der Waals surface area contributed by atoms with Gasteiger partial charge in [0.1, 0.15) is 0 Å². The van der Waals surface area contributed by atoms with Crippen LogP contribution in [0.1, 0.15) is 13.3 Å². The van der Waals surface area contributed by atoms with E-state index in [0.29, 0.717) is 12.1 Å². The van der Waals surface area contributed by atoms with Crippen LogP contribution in [0.5, 0.6) is 0 Å². The molecule has 0 heterocycles. The van der Waals surface area contributed by atoms with Crippen LogP contribution >= 0.6 is 0 Å². The molecule has 4 nitrogen and oxygen atoms in total. The number of hydrogen-bond acceptors (Lipinski definition) is 2. The largest absolute Gasteiger partial charge is 0.323 e. The van der Waals surface area contributed by atoms with Gasteiger partial charge in [-0.25, -0.2) is 0 Å². The third-order valence-corrected chi connectivity index (χ3v) is 2.38. The zero-order valence-electron chi connectivity index (χ0n) is 10.1. The van der Waals surface area contributed by atoms with Crippen molar-refractivity contribution in [3.8, 4) is 0 Å². The van der Waals surface area contributed by atoms with Gasteiger partial charge in [-0.05, 0) is 30.3 Å². The Bertz CT molecular complexity index is 424. The predicted octanol–water partition coefficient (Wildman–Crippen LogP) is 2.18. The molecular weight excluding hydrogens is 216 g/mol. The van der Waals surface area contributed by atoms with Gasteiger partial charge >= 0.3 is 0 Å². The number of nitrogens with zero attached hydrogens (tertiary/aromatic N) is 1. The number of rotatable bonds is 4. The van der Waals surface area contributed by atoms with Crippen molar-refractivity contribution in [1.29, 1.82) is 0 Å². The average Bonchev–Trinajstić information content (AvgIpc) is 2.37. The molecule has 0 unspecified atom stereocenters. The van der Waals surface area contributed by atoms with Crippen LogP contribution in [0.4, 0.5) is 11.4 Å². The highest BCUT2D eigenvalue weighted by Crippen LogP contribution is 2.17. The van der Waals surface area contributed by atoms with Crippen LogP contribution in [-0.2, 0) is 9.59 Å². The highest BCUT2D eigenvalue weighted by Gasteiger charge is 2.08. The van der Waals surface area contributed by atoms with Crippen molar-refractivity contribution in [2.24, 2.45) is 0 Å². The van der Waals surface area contributed by atoms with Gasteiger partial charge in [0.2, 0.25) is 11.8 Å². The second-order valence-electron chi connectivity index (χ2n) is 3.55. The van der Waals surface area contributed by atoms with Gasteiger partial charge in [0, 0.05) is 24.8 Å². The molecule has 4 heteroatoms. The lowest BCUT2D eigenvalue weighted by atomic mass is 10.2. The van der Waals surface area contributed by atoms with Crippen molar-refractivity contribution in [3.63, 3.8) is 0 Å². The fourth-order valence-electron chi connectivity index (χ4n) is 1.34. The van der Waals surface area contributed by atoms with Crippen LogP contribution in [0.3, 0.4) is 0 Å². The van der Waals surface area contributed by atoms with Gasteiger partial charge in [-0.15, -0.1) is 0 Å². The van der Waals surface area contributed by atoms with Gasteiger partial charge in [-0.2, -0.15) is 0 Å². The lowest BCUT2D eigenvalue weighted by Crippen LogP contribution is -2.24. The van der Waals surface area contributed by atoms with E-state index < -0.39 is 0 Å². The van der Waals surface area contributed by atoms with E-state index in [0.717, 1.165) is 5.69 Å². The summed E-state index contributed by atoms with van der Waals surface area (Å²) in [6.07, 6.45) is 1.67. The summed E-state index contributed by atoms with van der Waals surface area (Å²) in [6.45, 7) is 5.19. The first-order valence-electron chi connectivity index (χ1n) is 5.38. The van der Waals surface area contributed by atoms with Crippen LogP contribution in [0, 0.1) is 0 Å². The van der Waals surface area contributed by atoms with Gasteiger partial charge < -0.3 is 10.2 Å². The standard InChI is InChI=1S/C13H16N2O2/c1-4-12(16)14-10-6-8-11(9-7-10)15(3)13(17)5-2/h4,6-9H,1,5H2,2-3H3,(H,14,16). The predicted molar refractivity (Wildman–Crippen MR) is 69.0 cm³/mol. The Morgan fingerprint density at radius 3 is 2.41 bits per heavy atom. The molecular formula is C13H16N2O2. The molecule has 0 aliphatic carbocycles. The van der Waals surface area contributed by atoms with Crippen molar-refractivity contribution >= 4 is 23.2 Å². The topological polar surface area (TPSA) is 49.4 Å². The van der Waals surface area contributed by atoms with Crippen molar-refractivity contribution in [2.45, 2.75) is 13.3 Å². The third-order valence-electron chi connectivity index (χ3n) is 2.38. The summed E-state index contributed by atoms with van der Waals surface area (Å²) in [5.74, 6) is -0.205. The van der Waals surface area contributed by atoms with Crippen LogP contribution in [0.2, 0.25) is 0 Å². The molecule has 2 amide bonds. The molecule has 0 aliphatic heterocycles. The number of carbonyl (C=O) groups excluding carboxylic acids is 2. The lowest BCUT2D eigenvalue weighted by molar-refractivity contribution is -0.118. The monoisotopic (exact) mass is 232 g/mol. The molecule has 0 spiro atoms. The SMILES string of the molecule is C=CC(=O)Nc1ccc(N(C)C(=O)CC)cc1. The quantitative estimate of drug-likeness (QED) is 0.809. The van der Waals surface area contributed by atoms with E-state index in [1.165, 1.54) is 6.08 Å². The molecule has 0 fully saturated rings. The Balaban J connectivity index is 2.77. The highest BCUT2D eigenvalue weighted by atomic mass is 16.2. The molecule has 1 rings (SSSR count). The molecule has 0 radical (unpaired) electrons. The second kappa shape index (κ2) is 5.84. The fraction of sp³-hybridized carbons (Fsp3) is 0.231. The molecule has 0 aliphatic rings. The van der Waals surface area contributed by atoms with Crippen LogP contribution in [-0.4, -0.2) is 18.9 Å². The number of nitrogens with one attached hydrogen (secondary N) is 1. The maximum Gasteiger partial charge on any atom is 0.247 e. The summed E-state index contributed by atoms with van der Waals surface area (Å²) < 4.78 is 0. The van der Waals surface area contributed by atoms with Crippen LogP contribution in [0.15, 0.2) is 36.9 Å². The van der Waals surface area contributed by atoms with Crippen molar-refractivity contribution in [2.75, 3.05) is 17.3 Å². The van der Waals surface area contributed by atoms with Crippen molar-refractivity contribution < 1.29 is 9.59 Å². The summed E-state index contributed by atoms with van der Waals surface area (Å²) in [6, 6.07) is 7.06. The molecule has 1 aromatic rings. The molecule has 90 valence electrons. The molecule has 0 saturated heterocycles. The summed E-state index contributed by atoms with van der Waals surface area (Å²) in [7, 11) is 1.73. The zero-order chi connectivity index (χ0) is 12.8. The van der Waals surface area contributed by atoms with E-state index >= 15 is 0 Å². The minimum atomic E-state index is -0.254. The van der Waals surface area contributed by atoms with Gasteiger partial charge in [-0.1, -0.05) is 13.5 Å². The van der Waals surface area contributed by atoms with E-state index in [4.69, 9.17) is 0 Å². The first-order chi connectivity index (χ1) is 8.08. The number of benzene rings is 1. The van der Waals surface area contributed by atoms with E-state index in [2.05, 4.69) is 11.9 Å². The minimum absolute atomic E-state index is 0.0490. The van der Waals surface area contributed by atoms with Crippen molar-refractivity contribution in [1.82, 2.24) is 0 Å². The van der Waals surface area contributed by atoms with Gasteiger partial charge in [0.25, 0.3) is 0 Å². The zero-order valence-corrected chi connectivity index (χ0v) is 10.1. The highest BCUT2D eigenvalue weighted by molar-refractivity contribution is 5.99. The summed E-state index contributed by atoms with van der Waals surface area (Å²) in [5.41, 5.74) is 1.48. The van der Waals surface area contributed by atoms with Crippen LogP contribution < -0.4 is 10.2 Å². The first kappa shape index (κ1) is 13.0. The van der Waals surface area contributed by atoms with E-state index in [1.807, 2.05) is 6.92 Å². The van der Waals surface area contributed by atoms with Gasteiger partial charge in [0.05, 0.1) is 0 Å². The van der Waals surface area contributed by atoms with E-state index in [1.54, 1.807) is 36.2 Å². The molecule has 0 atom stereocenters. The van der Waals surface area contributed by atoms with E-state index in [-0.39, 0.29) is 11.8 Å². The van der Waals surface area contributed by atoms with Gasteiger partial charge in [0.15, 0.2) is 0 Å². The number of anilines is 2. The summed E-state index contributed by atoms with van der Waals surface area (Å²) in [5, 5.41) is 2.64.